The zero-order chi connectivity index (χ0) is 21.7. The van der Waals surface area contributed by atoms with E-state index in [1.54, 1.807) is 12.1 Å². The predicted molar refractivity (Wildman–Crippen MR) is 117 cm³/mol. The fourth-order valence-electron chi connectivity index (χ4n) is 3.57. The summed E-state index contributed by atoms with van der Waals surface area (Å²) in [5.41, 5.74) is 2.96. The van der Waals surface area contributed by atoms with E-state index in [2.05, 4.69) is 4.72 Å². The van der Waals surface area contributed by atoms with Gasteiger partial charge in [-0.2, -0.15) is 0 Å². The molecular formula is C23H30N2O4S. The molecule has 7 heteroatoms. The highest BCUT2D eigenvalue weighted by atomic mass is 32.2. The second kappa shape index (κ2) is 9.62. The number of benzene rings is 2. The SMILES string of the molecule is CCOc1ccc(CC(=O)N2CCC(NS(=O)(=O)c3ccc(C)c(C)c3)CC2)cc1. The van der Waals surface area contributed by atoms with Crippen LogP contribution in [0.3, 0.4) is 0 Å². The van der Waals surface area contributed by atoms with Gasteiger partial charge in [-0.1, -0.05) is 18.2 Å². The number of hydrogen-bond acceptors (Lipinski definition) is 4. The molecule has 30 heavy (non-hydrogen) atoms. The van der Waals surface area contributed by atoms with Crippen LogP contribution in [0.25, 0.3) is 0 Å². The van der Waals surface area contributed by atoms with Gasteiger partial charge < -0.3 is 9.64 Å². The highest BCUT2D eigenvalue weighted by Crippen LogP contribution is 2.19. The number of carbonyl (C=O) groups is 1. The maximum Gasteiger partial charge on any atom is 0.240 e. The summed E-state index contributed by atoms with van der Waals surface area (Å²) in [6.07, 6.45) is 1.56. The molecule has 1 saturated heterocycles. The van der Waals surface area contributed by atoms with E-state index >= 15 is 0 Å². The minimum atomic E-state index is -3.56. The average Bonchev–Trinajstić information content (AvgIpc) is 2.72. The lowest BCUT2D eigenvalue weighted by Gasteiger charge is -2.32. The number of carbonyl (C=O) groups excluding carboxylic acids is 1. The Morgan fingerprint density at radius 2 is 1.73 bits per heavy atom. The van der Waals surface area contributed by atoms with Crippen LogP contribution >= 0.6 is 0 Å². The molecule has 0 bridgehead atoms. The molecule has 6 nitrogen and oxygen atoms in total. The first-order chi connectivity index (χ1) is 14.3. The van der Waals surface area contributed by atoms with Crippen LogP contribution in [0, 0.1) is 13.8 Å². The smallest absolute Gasteiger partial charge is 0.240 e. The van der Waals surface area contributed by atoms with Crippen LogP contribution in [0.2, 0.25) is 0 Å². The van der Waals surface area contributed by atoms with Crippen molar-refractivity contribution in [3.05, 3.63) is 59.2 Å². The molecule has 0 atom stereocenters. The van der Waals surface area contributed by atoms with Crippen molar-refractivity contribution >= 4 is 15.9 Å². The van der Waals surface area contributed by atoms with Crippen molar-refractivity contribution in [1.29, 1.82) is 0 Å². The summed E-state index contributed by atoms with van der Waals surface area (Å²) in [5.74, 6) is 0.861. The Hall–Kier alpha value is -2.38. The molecule has 1 fully saturated rings. The van der Waals surface area contributed by atoms with E-state index in [-0.39, 0.29) is 11.9 Å². The van der Waals surface area contributed by atoms with Crippen LogP contribution in [-0.4, -0.2) is 45.0 Å². The quantitative estimate of drug-likeness (QED) is 0.732. The number of piperidine rings is 1. The van der Waals surface area contributed by atoms with Gasteiger partial charge in [0.2, 0.25) is 15.9 Å². The lowest BCUT2D eigenvalue weighted by molar-refractivity contribution is -0.131. The minimum Gasteiger partial charge on any atom is -0.494 e. The van der Waals surface area contributed by atoms with Gasteiger partial charge in [0.1, 0.15) is 5.75 Å². The van der Waals surface area contributed by atoms with Gasteiger partial charge in [-0.05, 0) is 74.6 Å². The molecule has 0 radical (unpaired) electrons. The van der Waals surface area contributed by atoms with Gasteiger partial charge in [-0.3, -0.25) is 4.79 Å². The van der Waals surface area contributed by atoms with E-state index in [4.69, 9.17) is 4.74 Å². The molecule has 0 aliphatic carbocycles. The molecule has 1 heterocycles. The van der Waals surface area contributed by atoms with Crippen molar-refractivity contribution in [2.45, 2.75) is 51.0 Å². The van der Waals surface area contributed by atoms with Crippen molar-refractivity contribution in [1.82, 2.24) is 9.62 Å². The lowest BCUT2D eigenvalue weighted by Crippen LogP contribution is -2.46. The first-order valence-electron chi connectivity index (χ1n) is 10.4. The van der Waals surface area contributed by atoms with Crippen LogP contribution < -0.4 is 9.46 Å². The summed E-state index contributed by atoms with van der Waals surface area (Å²) in [6, 6.07) is 12.6. The fraction of sp³-hybridized carbons (Fsp3) is 0.435. The van der Waals surface area contributed by atoms with Gasteiger partial charge in [0, 0.05) is 19.1 Å². The zero-order valence-electron chi connectivity index (χ0n) is 17.8. The third-order valence-corrected chi connectivity index (χ3v) is 7.07. The minimum absolute atomic E-state index is 0.0645. The zero-order valence-corrected chi connectivity index (χ0v) is 18.7. The van der Waals surface area contributed by atoms with E-state index in [9.17, 15) is 13.2 Å². The van der Waals surface area contributed by atoms with Crippen LogP contribution in [-0.2, 0) is 21.2 Å². The fourth-order valence-corrected chi connectivity index (χ4v) is 4.96. The number of nitrogens with zero attached hydrogens (tertiary/aromatic N) is 1. The Balaban J connectivity index is 1.52. The average molecular weight is 431 g/mol. The molecule has 1 amide bonds. The van der Waals surface area contributed by atoms with Crippen LogP contribution in [0.15, 0.2) is 47.4 Å². The van der Waals surface area contributed by atoms with E-state index in [1.165, 1.54) is 0 Å². The highest BCUT2D eigenvalue weighted by Gasteiger charge is 2.26. The van der Waals surface area contributed by atoms with E-state index in [0.29, 0.717) is 43.9 Å². The predicted octanol–water partition coefficient (Wildman–Crippen LogP) is 3.21. The van der Waals surface area contributed by atoms with Crippen molar-refractivity contribution < 1.29 is 17.9 Å². The number of rotatable bonds is 7. The first kappa shape index (κ1) is 22.3. The summed E-state index contributed by atoms with van der Waals surface area (Å²) in [7, 11) is -3.56. The van der Waals surface area contributed by atoms with Gasteiger partial charge in [0.15, 0.2) is 0 Å². The van der Waals surface area contributed by atoms with Gasteiger partial charge in [-0.15, -0.1) is 0 Å². The Kier molecular flexibility index (Phi) is 7.15. The second-order valence-corrected chi connectivity index (χ2v) is 9.49. The lowest BCUT2D eigenvalue weighted by atomic mass is 10.0. The standard InChI is InChI=1S/C23H30N2O4S/c1-4-29-21-8-6-19(7-9-21)16-23(26)25-13-11-20(12-14-25)24-30(27,28)22-10-5-17(2)18(3)15-22/h5-10,15,20,24H,4,11-14,16H2,1-3H3. The molecule has 1 aliphatic rings. The van der Waals surface area contributed by atoms with Crippen LogP contribution in [0.4, 0.5) is 0 Å². The van der Waals surface area contributed by atoms with E-state index in [1.807, 2.05) is 56.0 Å². The monoisotopic (exact) mass is 430 g/mol. The summed E-state index contributed by atoms with van der Waals surface area (Å²) in [5, 5.41) is 0. The molecule has 0 aromatic heterocycles. The number of nitrogens with one attached hydrogen (secondary N) is 1. The number of amides is 1. The van der Waals surface area contributed by atoms with Gasteiger partial charge in [0.25, 0.3) is 0 Å². The summed E-state index contributed by atoms with van der Waals surface area (Å²) in [6.45, 7) is 7.51. The Bertz CT molecular complexity index is 979. The van der Waals surface area contributed by atoms with Crippen molar-refractivity contribution in [2.75, 3.05) is 19.7 Å². The number of aryl methyl sites for hydroxylation is 2. The molecule has 1 N–H and O–H groups in total. The van der Waals surface area contributed by atoms with E-state index < -0.39 is 10.0 Å². The van der Waals surface area contributed by atoms with Crippen molar-refractivity contribution in [3.8, 4) is 5.75 Å². The van der Waals surface area contributed by atoms with Crippen LogP contribution in [0.1, 0.15) is 36.5 Å². The topological polar surface area (TPSA) is 75.7 Å². The third kappa shape index (κ3) is 5.61. The molecule has 3 rings (SSSR count). The van der Waals surface area contributed by atoms with Crippen molar-refractivity contribution in [2.24, 2.45) is 0 Å². The van der Waals surface area contributed by atoms with Crippen molar-refractivity contribution in [3.63, 3.8) is 0 Å². The molecule has 2 aromatic rings. The molecule has 162 valence electrons. The van der Waals surface area contributed by atoms with E-state index in [0.717, 1.165) is 22.4 Å². The molecular weight excluding hydrogens is 400 g/mol. The molecule has 2 aromatic carbocycles. The maximum atomic E-state index is 12.7. The summed E-state index contributed by atoms with van der Waals surface area (Å²) < 4.78 is 33.6. The Morgan fingerprint density at radius 3 is 2.33 bits per heavy atom. The number of hydrogen-bond donors (Lipinski definition) is 1. The highest BCUT2D eigenvalue weighted by molar-refractivity contribution is 7.89. The van der Waals surface area contributed by atoms with Crippen LogP contribution in [0.5, 0.6) is 5.75 Å². The largest absolute Gasteiger partial charge is 0.494 e. The van der Waals surface area contributed by atoms with Gasteiger partial charge in [-0.25, -0.2) is 13.1 Å². The molecule has 0 saturated carbocycles. The first-order valence-corrected chi connectivity index (χ1v) is 11.9. The maximum absolute atomic E-state index is 12.7. The normalized spacial score (nSPS) is 15.2. The Labute approximate surface area is 179 Å². The number of sulfonamides is 1. The number of ether oxygens (including phenoxy) is 1. The summed E-state index contributed by atoms with van der Waals surface area (Å²) in [4.78, 5) is 14.7. The second-order valence-electron chi connectivity index (χ2n) is 7.78. The summed E-state index contributed by atoms with van der Waals surface area (Å²) >= 11 is 0. The molecule has 0 spiro atoms. The third-order valence-electron chi connectivity index (χ3n) is 5.55. The van der Waals surface area contributed by atoms with Gasteiger partial charge >= 0.3 is 0 Å². The molecule has 0 unspecified atom stereocenters. The Morgan fingerprint density at radius 1 is 1.07 bits per heavy atom. The number of likely N-dealkylation sites (tertiary alicyclic amines) is 1. The van der Waals surface area contributed by atoms with Gasteiger partial charge in [0.05, 0.1) is 17.9 Å². The molecule has 1 aliphatic heterocycles.